The maximum Gasteiger partial charge on any atom is 0.161 e. The zero-order chi connectivity index (χ0) is 12.8. The fourth-order valence-corrected chi connectivity index (χ4v) is 3.07. The van der Waals surface area contributed by atoms with Crippen molar-refractivity contribution in [3.63, 3.8) is 0 Å². The maximum atomic E-state index is 6.11. The van der Waals surface area contributed by atoms with E-state index in [9.17, 15) is 0 Å². The molecule has 18 heavy (non-hydrogen) atoms. The average molecular weight is 255 g/mol. The summed E-state index contributed by atoms with van der Waals surface area (Å²) in [6.07, 6.45) is 8.04. The Morgan fingerprint density at radius 2 is 2.00 bits per heavy atom. The van der Waals surface area contributed by atoms with E-state index in [1.807, 2.05) is 0 Å². The molecular formula is C15H29NO2. The Balaban J connectivity index is 1.72. The molecule has 3 heteroatoms. The smallest absolute Gasteiger partial charge is 0.161 e. The second-order valence-electron chi connectivity index (χ2n) is 5.78. The highest BCUT2D eigenvalue weighted by Crippen LogP contribution is 2.26. The fourth-order valence-electron chi connectivity index (χ4n) is 3.07. The van der Waals surface area contributed by atoms with Gasteiger partial charge in [0.25, 0.3) is 0 Å². The number of hydrogen-bond acceptors (Lipinski definition) is 3. The van der Waals surface area contributed by atoms with Crippen LogP contribution in [0.25, 0.3) is 0 Å². The predicted octanol–water partition coefficient (Wildman–Crippen LogP) is 3.04. The molecule has 106 valence electrons. The molecule has 3 atom stereocenters. The van der Waals surface area contributed by atoms with Crippen LogP contribution in [0.4, 0.5) is 0 Å². The van der Waals surface area contributed by atoms with Crippen molar-refractivity contribution in [2.75, 3.05) is 26.2 Å². The monoisotopic (exact) mass is 255 g/mol. The van der Waals surface area contributed by atoms with E-state index in [0.29, 0.717) is 12.0 Å². The number of hydrogen-bond donors (Lipinski definition) is 0. The normalized spacial score (nSPS) is 31.0. The van der Waals surface area contributed by atoms with Gasteiger partial charge in [-0.1, -0.05) is 26.7 Å². The molecule has 0 aromatic rings. The van der Waals surface area contributed by atoms with E-state index < -0.39 is 0 Å². The molecule has 2 fully saturated rings. The molecule has 2 saturated heterocycles. The highest BCUT2D eigenvalue weighted by molar-refractivity contribution is 4.76. The van der Waals surface area contributed by atoms with Gasteiger partial charge in [0.05, 0.1) is 12.7 Å². The van der Waals surface area contributed by atoms with Gasteiger partial charge in [-0.2, -0.15) is 0 Å². The van der Waals surface area contributed by atoms with E-state index in [0.717, 1.165) is 13.2 Å². The molecule has 3 nitrogen and oxygen atoms in total. The van der Waals surface area contributed by atoms with Gasteiger partial charge >= 0.3 is 0 Å². The van der Waals surface area contributed by atoms with Gasteiger partial charge in [0.15, 0.2) is 6.29 Å². The van der Waals surface area contributed by atoms with Crippen molar-refractivity contribution in [3.05, 3.63) is 0 Å². The first-order chi connectivity index (χ1) is 8.83. The topological polar surface area (TPSA) is 21.7 Å². The number of ether oxygens (including phenoxy) is 2. The minimum absolute atomic E-state index is 0.0640. The molecule has 0 aromatic carbocycles. The molecule has 0 N–H and O–H groups in total. The zero-order valence-corrected chi connectivity index (χ0v) is 12.1. The summed E-state index contributed by atoms with van der Waals surface area (Å²) in [5, 5.41) is 0. The maximum absolute atomic E-state index is 6.11. The molecule has 2 aliphatic rings. The van der Waals surface area contributed by atoms with Crippen LogP contribution in [0.2, 0.25) is 0 Å². The van der Waals surface area contributed by atoms with Gasteiger partial charge in [-0.05, 0) is 38.8 Å². The standard InChI is InChI=1S/C15H29NO2/c1-3-5-8-13(4-2)15-17-12-14(18-15)11-16-9-6-7-10-16/h13-15H,3-12H2,1-2H3/t13-,14-,15-/m0/s1. The number of likely N-dealkylation sites (tertiary alicyclic amines) is 1. The number of nitrogens with zero attached hydrogens (tertiary/aromatic N) is 1. The van der Waals surface area contributed by atoms with E-state index in [2.05, 4.69) is 18.7 Å². The molecule has 0 aliphatic carbocycles. The Morgan fingerprint density at radius 3 is 2.67 bits per heavy atom. The molecule has 0 unspecified atom stereocenters. The lowest BCUT2D eigenvalue weighted by atomic mass is 9.99. The summed E-state index contributed by atoms with van der Waals surface area (Å²) in [4.78, 5) is 2.52. The minimum Gasteiger partial charge on any atom is -0.350 e. The number of rotatable bonds is 7. The first-order valence-electron chi connectivity index (χ1n) is 7.83. The lowest BCUT2D eigenvalue weighted by Gasteiger charge is -2.22. The minimum atomic E-state index is 0.0640. The van der Waals surface area contributed by atoms with Crippen molar-refractivity contribution in [2.24, 2.45) is 5.92 Å². The lowest BCUT2D eigenvalue weighted by Crippen LogP contribution is -2.32. The van der Waals surface area contributed by atoms with Crippen molar-refractivity contribution in [3.8, 4) is 0 Å². The Hall–Kier alpha value is -0.120. The molecule has 0 amide bonds. The molecule has 2 rings (SSSR count). The fraction of sp³-hybridized carbons (Fsp3) is 1.00. The molecule has 0 saturated carbocycles. The van der Waals surface area contributed by atoms with Crippen molar-refractivity contribution in [1.82, 2.24) is 4.90 Å². The van der Waals surface area contributed by atoms with Crippen LogP contribution in [0, 0.1) is 5.92 Å². The summed E-state index contributed by atoms with van der Waals surface area (Å²) in [6, 6.07) is 0. The first kappa shape index (κ1) is 14.3. The predicted molar refractivity (Wildman–Crippen MR) is 73.6 cm³/mol. The van der Waals surface area contributed by atoms with E-state index in [-0.39, 0.29) is 6.29 Å². The van der Waals surface area contributed by atoms with E-state index in [1.165, 1.54) is 51.6 Å². The molecule has 0 aromatic heterocycles. The second-order valence-corrected chi connectivity index (χ2v) is 5.78. The van der Waals surface area contributed by atoms with Crippen molar-refractivity contribution < 1.29 is 9.47 Å². The molecule has 2 heterocycles. The Kier molecular flexibility index (Phi) is 5.93. The van der Waals surface area contributed by atoms with E-state index >= 15 is 0 Å². The second kappa shape index (κ2) is 7.46. The third kappa shape index (κ3) is 3.94. The summed E-state index contributed by atoms with van der Waals surface area (Å²) in [6.45, 7) is 8.86. The van der Waals surface area contributed by atoms with Crippen LogP contribution >= 0.6 is 0 Å². The van der Waals surface area contributed by atoms with Crippen LogP contribution in [-0.2, 0) is 9.47 Å². The van der Waals surface area contributed by atoms with Crippen LogP contribution in [0.5, 0.6) is 0 Å². The van der Waals surface area contributed by atoms with Gasteiger partial charge in [-0.15, -0.1) is 0 Å². The molecule has 0 bridgehead atoms. The largest absolute Gasteiger partial charge is 0.350 e. The van der Waals surface area contributed by atoms with Crippen LogP contribution in [0.15, 0.2) is 0 Å². The van der Waals surface area contributed by atoms with Crippen LogP contribution < -0.4 is 0 Å². The average Bonchev–Trinajstić information content (AvgIpc) is 3.03. The Labute approximate surface area is 112 Å². The third-order valence-corrected chi connectivity index (χ3v) is 4.27. The van der Waals surface area contributed by atoms with Gasteiger partial charge in [0.2, 0.25) is 0 Å². The first-order valence-corrected chi connectivity index (χ1v) is 7.83. The van der Waals surface area contributed by atoms with Gasteiger partial charge < -0.3 is 14.4 Å². The van der Waals surface area contributed by atoms with Gasteiger partial charge in [-0.25, -0.2) is 0 Å². The molecule has 0 spiro atoms. The van der Waals surface area contributed by atoms with Gasteiger partial charge in [0.1, 0.15) is 0 Å². The van der Waals surface area contributed by atoms with Crippen molar-refractivity contribution in [2.45, 2.75) is 64.8 Å². The third-order valence-electron chi connectivity index (χ3n) is 4.27. The SMILES string of the molecule is CCCC[C@H](CC)[C@H]1OC[C@H](CN2CCCC2)O1. The van der Waals surface area contributed by atoms with Crippen LogP contribution in [0.3, 0.4) is 0 Å². The van der Waals surface area contributed by atoms with Crippen molar-refractivity contribution >= 4 is 0 Å². The summed E-state index contributed by atoms with van der Waals surface area (Å²) in [5.41, 5.74) is 0. The quantitative estimate of drug-likeness (QED) is 0.698. The van der Waals surface area contributed by atoms with Crippen LogP contribution in [0.1, 0.15) is 52.4 Å². The molecule has 2 aliphatic heterocycles. The lowest BCUT2D eigenvalue weighted by molar-refractivity contribution is -0.102. The highest BCUT2D eigenvalue weighted by Gasteiger charge is 2.32. The van der Waals surface area contributed by atoms with Gasteiger partial charge in [0, 0.05) is 12.5 Å². The Bertz CT molecular complexity index is 229. The molecule has 0 radical (unpaired) electrons. The van der Waals surface area contributed by atoms with Gasteiger partial charge in [-0.3, -0.25) is 0 Å². The highest BCUT2D eigenvalue weighted by atomic mass is 16.7. The number of unbranched alkanes of at least 4 members (excludes halogenated alkanes) is 1. The summed E-state index contributed by atoms with van der Waals surface area (Å²) < 4.78 is 12.0. The van der Waals surface area contributed by atoms with Crippen LogP contribution in [-0.4, -0.2) is 43.5 Å². The van der Waals surface area contributed by atoms with Crippen molar-refractivity contribution in [1.29, 1.82) is 0 Å². The van der Waals surface area contributed by atoms with E-state index in [1.54, 1.807) is 0 Å². The zero-order valence-electron chi connectivity index (χ0n) is 12.1. The Morgan fingerprint density at radius 1 is 1.22 bits per heavy atom. The summed E-state index contributed by atoms with van der Waals surface area (Å²) in [5.74, 6) is 0.591. The van der Waals surface area contributed by atoms with E-state index in [4.69, 9.17) is 9.47 Å². The summed E-state index contributed by atoms with van der Waals surface area (Å²) in [7, 11) is 0. The molecular weight excluding hydrogens is 226 g/mol. The summed E-state index contributed by atoms with van der Waals surface area (Å²) >= 11 is 0.